The van der Waals surface area contributed by atoms with Crippen molar-refractivity contribution in [2.45, 2.75) is 25.3 Å². The number of hydrogen-bond donors (Lipinski definition) is 2. The molecule has 24 heavy (non-hydrogen) atoms. The van der Waals surface area contributed by atoms with Gasteiger partial charge in [-0.15, -0.1) is 11.3 Å². The van der Waals surface area contributed by atoms with E-state index in [1.165, 1.54) is 12.1 Å². The third kappa shape index (κ3) is 4.14. The first-order chi connectivity index (χ1) is 11.6. The fourth-order valence-corrected chi connectivity index (χ4v) is 3.56. The van der Waals surface area contributed by atoms with Crippen molar-refractivity contribution in [2.24, 2.45) is 0 Å². The molecule has 126 valence electrons. The SMILES string of the molecule is O=C(NC1CCN(C(=O)Cc2cccs2)CC1)c1cccc(O)c1. The van der Waals surface area contributed by atoms with E-state index in [9.17, 15) is 14.7 Å². The first-order valence-electron chi connectivity index (χ1n) is 8.02. The molecule has 1 aliphatic heterocycles. The summed E-state index contributed by atoms with van der Waals surface area (Å²) in [5, 5.41) is 14.4. The maximum absolute atomic E-state index is 12.3. The van der Waals surface area contributed by atoms with Gasteiger partial charge in [-0.2, -0.15) is 0 Å². The van der Waals surface area contributed by atoms with E-state index in [1.807, 2.05) is 22.4 Å². The number of rotatable bonds is 4. The molecule has 5 nitrogen and oxygen atoms in total. The second-order valence-corrected chi connectivity index (χ2v) is 6.97. The Kier molecular flexibility index (Phi) is 5.15. The number of phenolic OH excluding ortho intramolecular Hbond substituents is 1. The van der Waals surface area contributed by atoms with E-state index < -0.39 is 0 Å². The second kappa shape index (κ2) is 7.49. The van der Waals surface area contributed by atoms with Crippen LogP contribution in [0.25, 0.3) is 0 Å². The summed E-state index contributed by atoms with van der Waals surface area (Å²) in [6.45, 7) is 1.32. The summed E-state index contributed by atoms with van der Waals surface area (Å²) in [5.74, 6) is 0.0427. The largest absolute Gasteiger partial charge is 0.508 e. The number of piperidine rings is 1. The smallest absolute Gasteiger partial charge is 0.251 e. The number of benzene rings is 1. The summed E-state index contributed by atoms with van der Waals surface area (Å²) in [5.41, 5.74) is 0.450. The zero-order valence-corrected chi connectivity index (χ0v) is 14.1. The zero-order chi connectivity index (χ0) is 16.9. The molecule has 0 bridgehead atoms. The van der Waals surface area contributed by atoms with Gasteiger partial charge in [-0.05, 0) is 42.5 Å². The van der Waals surface area contributed by atoms with E-state index in [1.54, 1.807) is 23.5 Å². The topological polar surface area (TPSA) is 69.6 Å². The van der Waals surface area contributed by atoms with Crippen molar-refractivity contribution in [3.05, 3.63) is 52.2 Å². The predicted octanol–water partition coefficient (Wildman–Crippen LogP) is 2.42. The average molecular weight is 344 g/mol. The lowest BCUT2D eigenvalue weighted by molar-refractivity contribution is -0.131. The number of carbonyl (C=O) groups is 2. The lowest BCUT2D eigenvalue weighted by Crippen LogP contribution is -2.46. The highest BCUT2D eigenvalue weighted by Crippen LogP contribution is 2.16. The van der Waals surface area contributed by atoms with Crippen molar-refractivity contribution < 1.29 is 14.7 Å². The van der Waals surface area contributed by atoms with Crippen LogP contribution in [0.5, 0.6) is 5.75 Å². The molecule has 2 amide bonds. The minimum atomic E-state index is -0.186. The Morgan fingerprint density at radius 2 is 2.00 bits per heavy atom. The molecule has 6 heteroatoms. The molecule has 3 rings (SSSR count). The van der Waals surface area contributed by atoms with Gasteiger partial charge >= 0.3 is 0 Å². The highest BCUT2D eigenvalue weighted by molar-refractivity contribution is 7.10. The van der Waals surface area contributed by atoms with Crippen LogP contribution in [-0.2, 0) is 11.2 Å². The molecule has 0 spiro atoms. The van der Waals surface area contributed by atoms with Gasteiger partial charge in [-0.25, -0.2) is 0 Å². The Labute approximate surface area is 144 Å². The number of nitrogens with one attached hydrogen (secondary N) is 1. The maximum atomic E-state index is 12.3. The first-order valence-corrected chi connectivity index (χ1v) is 8.90. The van der Waals surface area contributed by atoms with Crippen LogP contribution < -0.4 is 5.32 Å². The molecule has 2 heterocycles. The van der Waals surface area contributed by atoms with Gasteiger partial charge in [-0.1, -0.05) is 12.1 Å². The molecular weight excluding hydrogens is 324 g/mol. The molecule has 1 aromatic heterocycles. The first kappa shape index (κ1) is 16.5. The van der Waals surface area contributed by atoms with Crippen molar-refractivity contribution in [3.8, 4) is 5.75 Å². The Hall–Kier alpha value is -2.34. The molecule has 1 aliphatic rings. The average Bonchev–Trinajstić information content (AvgIpc) is 3.08. The summed E-state index contributed by atoms with van der Waals surface area (Å²) in [4.78, 5) is 27.4. The van der Waals surface area contributed by atoms with Crippen LogP contribution in [0.3, 0.4) is 0 Å². The normalized spacial score (nSPS) is 15.2. The van der Waals surface area contributed by atoms with Crippen LogP contribution in [0.2, 0.25) is 0 Å². The summed E-state index contributed by atoms with van der Waals surface area (Å²) in [6.07, 6.45) is 1.96. The summed E-state index contributed by atoms with van der Waals surface area (Å²) in [7, 11) is 0. The Morgan fingerprint density at radius 3 is 2.67 bits per heavy atom. The number of phenols is 1. The lowest BCUT2D eigenvalue weighted by Gasteiger charge is -2.32. The fourth-order valence-electron chi connectivity index (χ4n) is 2.86. The highest BCUT2D eigenvalue weighted by atomic mass is 32.1. The van der Waals surface area contributed by atoms with Gasteiger partial charge in [0.25, 0.3) is 5.91 Å². The molecule has 2 N–H and O–H groups in total. The standard InChI is InChI=1S/C18H20N2O3S/c21-15-4-1-3-13(11-15)18(23)19-14-6-8-20(9-7-14)17(22)12-16-5-2-10-24-16/h1-5,10-11,14,21H,6-9,12H2,(H,19,23). The van der Waals surface area contributed by atoms with E-state index >= 15 is 0 Å². The second-order valence-electron chi connectivity index (χ2n) is 5.93. The third-order valence-electron chi connectivity index (χ3n) is 4.20. The van der Waals surface area contributed by atoms with Crippen LogP contribution in [0.15, 0.2) is 41.8 Å². The summed E-state index contributed by atoms with van der Waals surface area (Å²) < 4.78 is 0. The number of amides is 2. The third-order valence-corrected chi connectivity index (χ3v) is 5.07. The van der Waals surface area contributed by atoms with E-state index in [4.69, 9.17) is 0 Å². The quantitative estimate of drug-likeness (QED) is 0.895. The summed E-state index contributed by atoms with van der Waals surface area (Å²) in [6, 6.07) is 10.3. The van der Waals surface area contributed by atoms with Gasteiger partial charge in [0.05, 0.1) is 6.42 Å². The predicted molar refractivity (Wildman–Crippen MR) is 93.2 cm³/mol. The van der Waals surface area contributed by atoms with E-state index in [-0.39, 0.29) is 23.6 Å². The Bertz CT molecular complexity index is 707. The van der Waals surface area contributed by atoms with Crippen molar-refractivity contribution in [1.82, 2.24) is 10.2 Å². The molecule has 1 aromatic carbocycles. The van der Waals surface area contributed by atoms with Gasteiger partial charge in [0.15, 0.2) is 0 Å². The Morgan fingerprint density at radius 1 is 1.21 bits per heavy atom. The number of likely N-dealkylation sites (tertiary alicyclic amines) is 1. The zero-order valence-electron chi connectivity index (χ0n) is 13.3. The molecule has 2 aromatic rings. The van der Waals surface area contributed by atoms with Crippen LogP contribution in [0.1, 0.15) is 28.1 Å². The van der Waals surface area contributed by atoms with Gasteiger partial charge < -0.3 is 15.3 Å². The van der Waals surface area contributed by atoms with E-state index in [0.29, 0.717) is 25.1 Å². The van der Waals surface area contributed by atoms with Crippen molar-refractivity contribution in [3.63, 3.8) is 0 Å². The van der Waals surface area contributed by atoms with Gasteiger partial charge in [0, 0.05) is 29.6 Å². The van der Waals surface area contributed by atoms with Gasteiger partial charge in [0.1, 0.15) is 5.75 Å². The highest BCUT2D eigenvalue weighted by Gasteiger charge is 2.24. The van der Waals surface area contributed by atoms with E-state index in [0.717, 1.165) is 17.7 Å². The molecular formula is C18H20N2O3S. The van der Waals surface area contributed by atoms with Gasteiger partial charge in [0.2, 0.25) is 5.91 Å². The molecule has 0 atom stereocenters. The maximum Gasteiger partial charge on any atom is 0.251 e. The number of nitrogens with zero attached hydrogens (tertiary/aromatic N) is 1. The monoisotopic (exact) mass is 344 g/mol. The van der Waals surface area contributed by atoms with Crippen LogP contribution in [0, 0.1) is 0 Å². The minimum Gasteiger partial charge on any atom is -0.508 e. The molecule has 1 fully saturated rings. The Balaban J connectivity index is 1.48. The van der Waals surface area contributed by atoms with Crippen molar-refractivity contribution in [1.29, 1.82) is 0 Å². The van der Waals surface area contributed by atoms with Crippen LogP contribution in [-0.4, -0.2) is 41.0 Å². The van der Waals surface area contributed by atoms with Crippen LogP contribution in [0.4, 0.5) is 0 Å². The van der Waals surface area contributed by atoms with Gasteiger partial charge in [-0.3, -0.25) is 9.59 Å². The molecule has 0 aliphatic carbocycles. The molecule has 0 unspecified atom stereocenters. The number of carbonyl (C=O) groups excluding carboxylic acids is 2. The number of aromatic hydroxyl groups is 1. The van der Waals surface area contributed by atoms with E-state index in [2.05, 4.69) is 5.32 Å². The van der Waals surface area contributed by atoms with Crippen molar-refractivity contribution >= 4 is 23.2 Å². The molecule has 0 radical (unpaired) electrons. The molecule has 1 saturated heterocycles. The van der Waals surface area contributed by atoms with Crippen molar-refractivity contribution in [2.75, 3.05) is 13.1 Å². The van der Waals surface area contributed by atoms with Crippen LogP contribution >= 0.6 is 11.3 Å². The minimum absolute atomic E-state index is 0.0608. The summed E-state index contributed by atoms with van der Waals surface area (Å²) >= 11 is 1.60. The number of hydrogen-bond acceptors (Lipinski definition) is 4. The molecule has 0 saturated carbocycles. The lowest BCUT2D eigenvalue weighted by atomic mass is 10.0. The number of thiophene rings is 1. The fraction of sp³-hybridized carbons (Fsp3) is 0.333.